The number of halogens is 1. The van der Waals surface area contributed by atoms with E-state index < -0.39 is 0 Å². The molecule has 2 unspecified atom stereocenters. The Bertz CT molecular complexity index is 491. The summed E-state index contributed by atoms with van der Waals surface area (Å²) >= 11 is 0. The van der Waals surface area contributed by atoms with Crippen LogP contribution in [0.3, 0.4) is 0 Å². The van der Waals surface area contributed by atoms with E-state index in [0.717, 1.165) is 52.2 Å². The lowest BCUT2D eigenvalue weighted by molar-refractivity contribution is 0.0377. The average molecular weight is 430 g/mol. The summed E-state index contributed by atoms with van der Waals surface area (Å²) in [7, 11) is 0. The molecule has 1 heterocycles. The minimum Gasteiger partial charge on any atom is -0.379 e. The topological polar surface area (TPSA) is 62.9 Å². The second-order valence-electron chi connectivity index (χ2n) is 6.08. The van der Waals surface area contributed by atoms with E-state index in [1.54, 1.807) is 0 Å². The minimum absolute atomic E-state index is 0. The van der Waals surface area contributed by atoms with Crippen LogP contribution in [-0.2, 0) is 4.74 Å². The first-order valence-corrected chi connectivity index (χ1v) is 8.24. The Morgan fingerprint density at radius 1 is 1.26 bits per heavy atom. The second kappa shape index (κ2) is 9.44. The molecule has 2 atom stereocenters. The van der Waals surface area contributed by atoms with Gasteiger partial charge in [0.25, 0.3) is 0 Å². The number of rotatable bonds is 6. The number of benzene rings is 1. The van der Waals surface area contributed by atoms with Crippen molar-refractivity contribution in [1.29, 1.82) is 0 Å². The van der Waals surface area contributed by atoms with Crippen LogP contribution in [0.2, 0.25) is 0 Å². The molecule has 1 aromatic carbocycles. The highest BCUT2D eigenvalue weighted by Crippen LogP contribution is 2.40. The quantitative estimate of drug-likeness (QED) is 0.313. The van der Waals surface area contributed by atoms with Gasteiger partial charge in [-0.3, -0.25) is 9.89 Å². The SMILES string of the molecule is I.NC(=NCCCN1CCOCC1)NC1CC1c1ccccc1. The van der Waals surface area contributed by atoms with Gasteiger partial charge in [-0.2, -0.15) is 0 Å². The van der Waals surface area contributed by atoms with Crippen molar-refractivity contribution in [2.45, 2.75) is 24.8 Å². The molecule has 0 radical (unpaired) electrons. The van der Waals surface area contributed by atoms with Gasteiger partial charge in [0.2, 0.25) is 0 Å². The maximum absolute atomic E-state index is 5.98. The number of aliphatic imine (C=N–C) groups is 1. The number of guanidine groups is 1. The number of nitrogens with zero attached hydrogens (tertiary/aromatic N) is 2. The number of hydrogen-bond acceptors (Lipinski definition) is 3. The first-order chi connectivity index (χ1) is 10.8. The molecular formula is C17H27IN4O. The van der Waals surface area contributed by atoms with E-state index in [2.05, 4.69) is 45.5 Å². The molecule has 5 nitrogen and oxygen atoms in total. The van der Waals surface area contributed by atoms with Crippen LogP contribution >= 0.6 is 24.0 Å². The maximum atomic E-state index is 5.98. The molecular weight excluding hydrogens is 403 g/mol. The Morgan fingerprint density at radius 2 is 2.00 bits per heavy atom. The van der Waals surface area contributed by atoms with Gasteiger partial charge >= 0.3 is 0 Å². The van der Waals surface area contributed by atoms with E-state index in [-0.39, 0.29) is 24.0 Å². The number of nitrogens with two attached hydrogens (primary N) is 1. The van der Waals surface area contributed by atoms with Gasteiger partial charge in [-0.05, 0) is 18.4 Å². The molecule has 1 aromatic rings. The van der Waals surface area contributed by atoms with Crippen molar-refractivity contribution in [3.63, 3.8) is 0 Å². The zero-order chi connectivity index (χ0) is 15.2. The van der Waals surface area contributed by atoms with E-state index in [1.807, 2.05) is 0 Å². The van der Waals surface area contributed by atoms with Crippen LogP contribution in [0.1, 0.15) is 24.3 Å². The summed E-state index contributed by atoms with van der Waals surface area (Å²) in [4.78, 5) is 6.87. The summed E-state index contributed by atoms with van der Waals surface area (Å²) in [5.74, 6) is 1.17. The van der Waals surface area contributed by atoms with E-state index in [4.69, 9.17) is 10.5 Å². The molecule has 3 N–H and O–H groups in total. The number of morpholine rings is 1. The van der Waals surface area contributed by atoms with Crippen LogP contribution in [0, 0.1) is 0 Å². The smallest absolute Gasteiger partial charge is 0.188 e. The zero-order valence-electron chi connectivity index (χ0n) is 13.5. The Hall–Kier alpha value is -0.860. The molecule has 23 heavy (non-hydrogen) atoms. The molecule has 0 bridgehead atoms. The molecule has 6 heteroatoms. The van der Waals surface area contributed by atoms with Crippen LogP contribution in [0.15, 0.2) is 35.3 Å². The largest absolute Gasteiger partial charge is 0.379 e. The summed E-state index contributed by atoms with van der Waals surface area (Å²) in [5.41, 5.74) is 7.37. The van der Waals surface area contributed by atoms with Crippen LogP contribution in [0.25, 0.3) is 0 Å². The lowest BCUT2D eigenvalue weighted by atomic mass is 10.1. The van der Waals surface area contributed by atoms with Gasteiger partial charge in [0.05, 0.1) is 13.2 Å². The van der Waals surface area contributed by atoms with Gasteiger partial charge in [-0.1, -0.05) is 30.3 Å². The van der Waals surface area contributed by atoms with Gasteiger partial charge in [0, 0.05) is 38.1 Å². The summed E-state index contributed by atoms with van der Waals surface area (Å²) in [6.07, 6.45) is 2.20. The van der Waals surface area contributed by atoms with Crippen LogP contribution < -0.4 is 11.1 Å². The van der Waals surface area contributed by atoms with E-state index >= 15 is 0 Å². The highest BCUT2D eigenvalue weighted by Gasteiger charge is 2.38. The third-order valence-corrected chi connectivity index (χ3v) is 4.37. The average Bonchev–Trinajstić information content (AvgIpc) is 3.32. The first kappa shape index (κ1) is 18.5. The van der Waals surface area contributed by atoms with Gasteiger partial charge in [0.15, 0.2) is 5.96 Å². The monoisotopic (exact) mass is 430 g/mol. The Kier molecular flexibility index (Phi) is 7.58. The van der Waals surface area contributed by atoms with E-state index in [1.165, 1.54) is 5.56 Å². The molecule has 1 saturated carbocycles. The zero-order valence-corrected chi connectivity index (χ0v) is 15.8. The van der Waals surface area contributed by atoms with Gasteiger partial charge < -0.3 is 15.8 Å². The highest BCUT2D eigenvalue weighted by atomic mass is 127. The predicted molar refractivity (Wildman–Crippen MR) is 105 cm³/mol. The number of hydrogen-bond donors (Lipinski definition) is 2. The fraction of sp³-hybridized carbons (Fsp3) is 0.588. The lowest BCUT2D eigenvalue weighted by Crippen LogP contribution is -2.37. The van der Waals surface area contributed by atoms with Crippen molar-refractivity contribution in [3.05, 3.63) is 35.9 Å². The molecule has 1 aliphatic heterocycles. The Labute approximate surface area is 155 Å². The number of nitrogens with one attached hydrogen (secondary N) is 1. The molecule has 1 aliphatic carbocycles. The van der Waals surface area contributed by atoms with Crippen molar-refractivity contribution in [2.75, 3.05) is 39.4 Å². The lowest BCUT2D eigenvalue weighted by Gasteiger charge is -2.26. The standard InChI is InChI=1S/C17H26N4O.HI/c18-17(19-7-4-8-21-9-11-22-12-10-21)20-16-13-15(16)14-5-2-1-3-6-14;/h1-3,5-6,15-16H,4,7-13H2,(H3,18,19,20);1H. The molecule has 0 amide bonds. The molecule has 2 fully saturated rings. The van der Waals surface area contributed by atoms with Crippen LogP contribution in [0.4, 0.5) is 0 Å². The molecule has 2 aliphatic rings. The summed E-state index contributed by atoms with van der Waals surface area (Å²) in [6.45, 7) is 5.66. The Morgan fingerprint density at radius 3 is 2.74 bits per heavy atom. The molecule has 3 rings (SSSR count). The van der Waals surface area contributed by atoms with Crippen molar-refractivity contribution in [2.24, 2.45) is 10.7 Å². The van der Waals surface area contributed by atoms with Crippen LogP contribution in [-0.4, -0.2) is 56.3 Å². The van der Waals surface area contributed by atoms with Crippen molar-refractivity contribution in [1.82, 2.24) is 10.2 Å². The summed E-state index contributed by atoms with van der Waals surface area (Å²) in [5, 5.41) is 3.34. The first-order valence-electron chi connectivity index (χ1n) is 8.24. The van der Waals surface area contributed by atoms with Gasteiger partial charge in [-0.25, -0.2) is 0 Å². The van der Waals surface area contributed by atoms with Crippen molar-refractivity contribution < 1.29 is 4.74 Å². The minimum atomic E-state index is 0. The number of ether oxygens (including phenoxy) is 1. The van der Waals surface area contributed by atoms with Gasteiger partial charge in [0.1, 0.15) is 0 Å². The van der Waals surface area contributed by atoms with Crippen molar-refractivity contribution in [3.8, 4) is 0 Å². The molecule has 128 valence electrons. The van der Waals surface area contributed by atoms with Crippen molar-refractivity contribution >= 4 is 29.9 Å². The van der Waals surface area contributed by atoms with E-state index in [9.17, 15) is 0 Å². The normalized spacial score (nSPS) is 24.8. The second-order valence-corrected chi connectivity index (χ2v) is 6.08. The molecule has 0 spiro atoms. The van der Waals surface area contributed by atoms with E-state index in [0.29, 0.717) is 17.9 Å². The summed E-state index contributed by atoms with van der Waals surface area (Å²) < 4.78 is 5.34. The predicted octanol–water partition coefficient (Wildman–Crippen LogP) is 1.79. The third kappa shape index (κ3) is 5.93. The van der Waals surface area contributed by atoms with Gasteiger partial charge in [-0.15, -0.1) is 24.0 Å². The van der Waals surface area contributed by atoms with Crippen LogP contribution in [0.5, 0.6) is 0 Å². The fourth-order valence-electron chi connectivity index (χ4n) is 2.98. The maximum Gasteiger partial charge on any atom is 0.188 e. The Balaban J connectivity index is 0.00000192. The summed E-state index contributed by atoms with van der Waals surface area (Å²) in [6, 6.07) is 11.1. The molecule has 1 saturated heterocycles. The molecule has 0 aromatic heterocycles. The fourth-order valence-corrected chi connectivity index (χ4v) is 2.98. The third-order valence-electron chi connectivity index (χ3n) is 4.37. The highest BCUT2D eigenvalue weighted by molar-refractivity contribution is 14.0.